The molecule has 0 aliphatic carbocycles. The van der Waals surface area contributed by atoms with E-state index in [0.29, 0.717) is 19.0 Å². The Morgan fingerprint density at radius 3 is 2.62 bits per heavy atom. The topological polar surface area (TPSA) is 61.5 Å². The van der Waals surface area contributed by atoms with Gasteiger partial charge in [0.2, 0.25) is 5.84 Å². The van der Waals surface area contributed by atoms with Gasteiger partial charge in [-0.3, -0.25) is 0 Å². The smallest absolute Gasteiger partial charge is 0.201 e. The molecular weight excluding hydrogens is 304 g/mol. The fraction of sp³-hybridized carbons (Fsp3) is 0.167. The Labute approximate surface area is 140 Å². The molecule has 0 amide bonds. The fourth-order valence-electron chi connectivity index (χ4n) is 2.20. The summed E-state index contributed by atoms with van der Waals surface area (Å²) in [4.78, 5) is 9.23. The van der Waals surface area contributed by atoms with Crippen LogP contribution in [-0.4, -0.2) is 27.2 Å². The second-order valence-electron chi connectivity index (χ2n) is 4.93. The van der Waals surface area contributed by atoms with E-state index in [1.54, 1.807) is 11.0 Å². The van der Waals surface area contributed by atoms with Crippen LogP contribution in [0, 0.1) is 0 Å². The maximum atomic E-state index is 5.86. The van der Waals surface area contributed by atoms with Crippen molar-refractivity contribution in [3.05, 3.63) is 78.4 Å². The van der Waals surface area contributed by atoms with E-state index >= 15 is 0 Å². The minimum atomic E-state index is 0.417. The van der Waals surface area contributed by atoms with E-state index in [1.807, 2.05) is 61.5 Å². The first-order valence-electron chi connectivity index (χ1n) is 7.69. The van der Waals surface area contributed by atoms with E-state index in [1.165, 1.54) is 6.33 Å². The fourth-order valence-corrected chi connectivity index (χ4v) is 2.20. The first-order valence-corrected chi connectivity index (χ1v) is 7.69. The van der Waals surface area contributed by atoms with E-state index in [9.17, 15) is 0 Å². The maximum Gasteiger partial charge on any atom is 0.201 e. The molecule has 3 rings (SSSR count). The molecule has 3 aromatic rings. The summed E-state index contributed by atoms with van der Waals surface area (Å²) >= 11 is 0. The molecule has 1 heterocycles. The first kappa shape index (κ1) is 15.7. The first-order chi connectivity index (χ1) is 11.9. The summed E-state index contributed by atoms with van der Waals surface area (Å²) in [7, 11) is 0. The highest BCUT2D eigenvalue weighted by Crippen LogP contribution is 2.16. The van der Waals surface area contributed by atoms with Gasteiger partial charge in [-0.15, -0.1) is 0 Å². The van der Waals surface area contributed by atoms with Crippen molar-refractivity contribution < 1.29 is 9.57 Å². The van der Waals surface area contributed by atoms with Gasteiger partial charge in [-0.25, -0.2) is 4.98 Å². The number of ether oxygens (including phenoxy) is 1. The lowest BCUT2D eigenvalue weighted by molar-refractivity contribution is 0.157. The normalized spacial score (nSPS) is 11.3. The molecule has 0 N–H and O–H groups in total. The predicted octanol–water partition coefficient (Wildman–Crippen LogP) is 3.10. The van der Waals surface area contributed by atoms with Crippen molar-refractivity contribution in [3.8, 4) is 5.75 Å². The maximum absolute atomic E-state index is 5.86. The number of nitrogens with zero attached hydrogens (tertiary/aromatic N) is 4. The summed E-state index contributed by atoms with van der Waals surface area (Å²) in [5, 5.41) is 8.35. The number of aromatic nitrogens is 3. The van der Waals surface area contributed by atoms with Gasteiger partial charge in [0, 0.05) is 11.1 Å². The van der Waals surface area contributed by atoms with Gasteiger partial charge in [-0.1, -0.05) is 47.6 Å². The van der Waals surface area contributed by atoms with Crippen molar-refractivity contribution in [2.24, 2.45) is 5.16 Å². The SMILES string of the molecule is CCO/N=C(/c1ccccc1COc1ccccc1)n1cncn1. The molecule has 0 aliphatic heterocycles. The van der Waals surface area contributed by atoms with Crippen LogP contribution in [0.3, 0.4) is 0 Å². The third-order valence-electron chi connectivity index (χ3n) is 3.31. The Hall–Kier alpha value is -3.15. The average Bonchev–Trinajstić information content (AvgIpc) is 3.16. The van der Waals surface area contributed by atoms with Gasteiger partial charge in [0.05, 0.1) is 0 Å². The summed E-state index contributed by atoms with van der Waals surface area (Å²) in [5.74, 6) is 1.39. The van der Waals surface area contributed by atoms with E-state index in [4.69, 9.17) is 9.57 Å². The monoisotopic (exact) mass is 322 g/mol. The highest BCUT2D eigenvalue weighted by Gasteiger charge is 2.13. The lowest BCUT2D eigenvalue weighted by atomic mass is 10.1. The van der Waals surface area contributed by atoms with Crippen molar-refractivity contribution in [1.82, 2.24) is 14.8 Å². The third kappa shape index (κ3) is 3.78. The lowest BCUT2D eigenvalue weighted by Crippen LogP contribution is -2.17. The number of para-hydroxylation sites is 1. The Kier molecular flexibility index (Phi) is 5.19. The van der Waals surface area contributed by atoms with Crippen LogP contribution in [0.25, 0.3) is 0 Å². The second kappa shape index (κ2) is 7.92. The van der Waals surface area contributed by atoms with Crippen LogP contribution in [0.1, 0.15) is 18.1 Å². The van der Waals surface area contributed by atoms with Crippen LogP contribution in [0.4, 0.5) is 0 Å². The van der Waals surface area contributed by atoms with Crippen molar-refractivity contribution in [3.63, 3.8) is 0 Å². The quantitative estimate of drug-likeness (QED) is 0.397. The van der Waals surface area contributed by atoms with Crippen LogP contribution >= 0.6 is 0 Å². The molecule has 0 fully saturated rings. The van der Waals surface area contributed by atoms with Crippen molar-refractivity contribution >= 4 is 5.84 Å². The molecule has 0 aliphatic rings. The summed E-state index contributed by atoms with van der Waals surface area (Å²) in [6.07, 6.45) is 3.05. The Morgan fingerprint density at radius 2 is 1.88 bits per heavy atom. The van der Waals surface area contributed by atoms with Gasteiger partial charge < -0.3 is 9.57 Å². The number of rotatable bonds is 6. The Bertz CT molecular complexity index is 786. The minimum Gasteiger partial charge on any atom is -0.489 e. The summed E-state index contributed by atoms with van der Waals surface area (Å²) in [6.45, 7) is 2.77. The van der Waals surface area contributed by atoms with Crippen LogP contribution < -0.4 is 4.74 Å². The average molecular weight is 322 g/mol. The molecule has 122 valence electrons. The van der Waals surface area contributed by atoms with E-state index in [0.717, 1.165) is 16.9 Å². The van der Waals surface area contributed by atoms with Crippen LogP contribution in [0.2, 0.25) is 0 Å². The highest BCUT2D eigenvalue weighted by atomic mass is 16.6. The molecule has 24 heavy (non-hydrogen) atoms. The molecule has 6 nitrogen and oxygen atoms in total. The van der Waals surface area contributed by atoms with Crippen molar-refractivity contribution in [1.29, 1.82) is 0 Å². The standard InChI is InChI=1S/C18H18N4O2/c1-2-24-21-18(22-14-19-13-20-22)17-11-7-6-8-15(17)12-23-16-9-4-3-5-10-16/h3-11,13-14H,2,12H2,1H3/b21-18-. The van der Waals surface area contributed by atoms with E-state index < -0.39 is 0 Å². The zero-order valence-corrected chi connectivity index (χ0v) is 13.4. The van der Waals surface area contributed by atoms with Gasteiger partial charge in [-0.05, 0) is 19.1 Å². The molecular formula is C18H18N4O2. The predicted molar refractivity (Wildman–Crippen MR) is 90.8 cm³/mol. The molecule has 0 saturated heterocycles. The highest BCUT2D eigenvalue weighted by molar-refractivity contribution is 6.00. The molecule has 6 heteroatoms. The van der Waals surface area contributed by atoms with E-state index in [-0.39, 0.29) is 0 Å². The minimum absolute atomic E-state index is 0.417. The zero-order valence-electron chi connectivity index (χ0n) is 13.4. The second-order valence-corrected chi connectivity index (χ2v) is 4.93. The van der Waals surface area contributed by atoms with Crippen LogP contribution in [0.15, 0.2) is 72.4 Å². The summed E-state index contributed by atoms with van der Waals surface area (Å²) < 4.78 is 7.44. The van der Waals surface area contributed by atoms with Crippen molar-refractivity contribution in [2.75, 3.05) is 6.61 Å². The lowest BCUT2D eigenvalue weighted by Gasteiger charge is -2.12. The number of oxime groups is 1. The third-order valence-corrected chi connectivity index (χ3v) is 3.31. The zero-order chi connectivity index (χ0) is 16.6. The van der Waals surface area contributed by atoms with Crippen molar-refractivity contribution in [2.45, 2.75) is 13.5 Å². The van der Waals surface area contributed by atoms with Gasteiger partial charge in [0.15, 0.2) is 0 Å². The molecule has 0 radical (unpaired) electrons. The summed E-state index contributed by atoms with van der Waals surface area (Å²) in [5.41, 5.74) is 1.86. The van der Waals surface area contributed by atoms with Crippen LogP contribution in [-0.2, 0) is 11.4 Å². The number of benzene rings is 2. The molecule has 0 saturated carbocycles. The summed E-state index contributed by atoms with van der Waals surface area (Å²) in [6, 6.07) is 17.6. The van der Waals surface area contributed by atoms with Gasteiger partial charge in [0.1, 0.15) is 31.6 Å². The molecule has 0 atom stereocenters. The number of hydrogen-bond donors (Lipinski definition) is 0. The Morgan fingerprint density at radius 1 is 1.08 bits per heavy atom. The molecule has 0 bridgehead atoms. The van der Waals surface area contributed by atoms with Crippen LogP contribution in [0.5, 0.6) is 5.75 Å². The molecule has 1 aromatic heterocycles. The molecule has 0 unspecified atom stereocenters. The van der Waals surface area contributed by atoms with Gasteiger partial charge in [-0.2, -0.15) is 9.78 Å². The molecule has 0 spiro atoms. The molecule has 2 aromatic carbocycles. The largest absolute Gasteiger partial charge is 0.489 e. The van der Waals surface area contributed by atoms with E-state index in [2.05, 4.69) is 15.2 Å². The van der Waals surface area contributed by atoms with Gasteiger partial charge >= 0.3 is 0 Å². The number of hydrogen-bond acceptors (Lipinski definition) is 5. The van der Waals surface area contributed by atoms with Gasteiger partial charge in [0.25, 0.3) is 0 Å². The Balaban J connectivity index is 1.89.